The summed E-state index contributed by atoms with van der Waals surface area (Å²) in [6.45, 7) is 0.576. The lowest BCUT2D eigenvalue weighted by molar-refractivity contribution is 0.0600. The first-order valence-corrected chi connectivity index (χ1v) is 6.49. The molecule has 6 heteroatoms. The molecule has 0 aliphatic carbocycles. The van der Waals surface area contributed by atoms with Crippen LogP contribution >= 0.6 is 0 Å². The number of hydrogen-bond acceptors (Lipinski definition) is 5. The molecule has 0 radical (unpaired) electrons. The van der Waals surface area contributed by atoms with Gasteiger partial charge in [0.25, 0.3) is 5.91 Å². The van der Waals surface area contributed by atoms with Crippen molar-refractivity contribution in [1.82, 2.24) is 5.32 Å². The number of ether oxygens (including phenoxy) is 1. The van der Waals surface area contributed by atoms with Crippen LogP contribution in [0, 0.1) is 23.7 Å². The molecule has 5 N–H and O–H groups in total. The number of nitrogens with one attached hydrogen (secondary N) is 1. The van der Waals surface area contributed by atoms with Crippen molar-refractivity contribution in [3.05, 3.63) is 34.9 Å². The number of amides is 1. The van der Waals surface area contributed by atoms with Crippen molar-refractivity contribution >= 4 is 11.9 Å². The molecule has 0 aliphatic heterocycles. The summed E-state index contributed by atoms with van der Waals surface area (Å²) in [5, 5.41) is 2.62. The standard InChI is InChI=1S/C16H17N3O3/c1-22-16(21)14-7-6-13(11-12(14)5-4-9-18)15(20)19-10-3-2-8-17/h6-7,11H,8-10,17-18H2,1H3,(H,19,20). The van der Waals surface area contributed by atoms with Gasteiger partial charge >= 0.3 is 5.97 Å². The van der Waals surface area contributed by atoms with Gasteiger partial charge in [-0.25, -0.2) is 4.79 Å². The number of hydrogen-bond donors (Lipinski definition) is 3. The first kappa shape index (κ1) is 17.3. The molecule has 22 heavy (non-hydrogen) atoms. The maximum absolute atomic E-state index is 12.0. The summed E-state index contributed by atoms with van der Waals surface area (Å²) in [5.74, 6) is 9.90. The Morgan fingerprint density at radius 2 is 1.91 bits per heavy atom. The third-order valence-electron chi connectivity index (χ3n) is 2.58. The van der Waals surface area contributed by atoms with Gasteiger partial charge in [0.1, 0.15) is 0 Å². The minimum Gasteiger partial charge on any atom is -0.465 e. The Labute approximate surface area is 129 Å². The fourth-order valence-corrected chi connectivity index (χ4v) is 1.58. The molecular formula is C16H17N3O3. The molecular weight excluding hydrogens is 282 g/mol. The van der Waals surface area contributed by atoms with Gasteiger partial charge in [-0.3, -0.25) is 4.79 Å². The summed E-state index contributed by atoms with van der Waals surface area (Å²) in [7, 11) is 1.28. The quantitative estimate of drug-likeness (QED) is 0.514. The van der Waals surface area contributed by atoms with Gasteiger partial charge in [-0.1, -0.05) is 23.7 Å². The van der Waals surface area contributed by atoms with E-state index in [4.69, 9.17) is 11.5 Å². The van der Waals surface area contributed by atoms with Crippen molar-refractivity contribution in [2.24, 2.45) is 11.5 Å². The average molecular weight is 299 g/mol. The Hall–Kier alpha value is -2.80. The zero-order chi connectivity index (χ0) is 16.4. The predicted octanol–water partition coefficient (Wildman–Crippen LogP) is -0.525. The monoisotopic (exact) mass is 299 g/mol. The van der Waals surface area contributed by atoms with Gasteiger partial charge in [0.05, 0.1) is 32.3 Å². The summed E-state index contributed by atoms with van der Waals surface area (Å²) in [6, 6.07) is 4.53. The second-order valence-electron chi connectivity index (χ2n) is 4.00. The Balaban J connectivity index is 3.03. The van der Waals surface area contributed by atoms with Crippen molar-refractivity contribution in [1.29, 1.82) is 0 Å². The van der Waals surface area contributed by atoms with Crippen LogP contribution in [0.4, 0.5) is 0 Å². The average Bonchev–Trinajstić information content (AvgIpc) is 2.55. The SMILES string of the molecule is COC(=O)c1ccc(C(=O)NCC#CCN)cc1C#CCN. The van der Waals surface area contributed by atoms with Crippen molar-refractivity contribution in [3.63, 3.8) is 0 Å². The fourth-order valence-electron chi connectivity index (χ4n) is 1.58. The highest BCUT2D eigenvalue weighted by atomic mass is 16.5. The van der Waals surface area contributed by atoms with Gasteiger partial charge < -0.3 is 21.5 Å². The molecule has 0 aromatic heterocycles. The molecule has 0 heterocycles. The van der Waals surface area contributed by atoms with E-state index in [9.17, 15) is 9.59 Å². The van der Waals surface area contributed by atoms with Crippen LogP contribution in [0.1, 0.15) is 26.3 Å². The van der Waals surface area contributed by atoms with Crippen LogP contribution in [-0.4, -0.2) is 38.6 Å². The molecule has 6 nitrogen and oxygen atoms in total. The van der Waals surface area contributed by atoms with Crippen LogP contribution < -0.4 is 16.8 Å². The minimum atomic E-state index is -0.526. The van der Waals surface area contributed by atoms with E-state index < -0.39 is 5.97 Å². The highest BCUT2D eigenvalue weighted by Crippen LogP contribution is 2.12. The molecule has 0 spiro atoms. The zero-order valence-electron chi connectivity index (χ0n) is 12.2. The van der Waals surface area contributed by atoms with E-state index >= 15 is 0 Å². The lowest BCUT2D eigenvalue weighted by Gasteiger charge is -2.06. The highest BCUT2D eigenvalue weighted by Gasteiger charge is 2.13. The Bertz CT molecular complexity index is 675. The van der Waals surface area contributed by atoms with Crippen LogP contribution in [0.5, 0.6) is 0 Å². The first-order chi connectivity index (χ1) is 10.6. The molecule has 114 valence electrons. The highest BCUT2D eigenvalue weighted by molar-refractivity contribution is 5.98. The second kappa shape index (κ2) is 9.19. The molecule has 0 saturated carbocycles. The van der Waals surface area contributed by atoms with Crippen LogP contribution in [0.3, 0.4) is 0 Å². The molecule has 0 unspecified atom stereocenters. The topological polar surface area (TPSA) is 107 Å². The van der Waals surface area contributed by atoms with E-state index in [1.165, 1.54) is 25.3 Å². The Morgan fingerprint density at radius 3 is 2.55 bits per heavy atom. The molecule has 1 rings (SSSR count). The number of rotatable bonds is 3. The number of nitrogens with two attached hydrogens (primary N) is 2. The lowest BCUT2D eigenvalue weighted by Crippen LogP contribution is -2.24. The van der Waals surface area contributed by atoms with E-state index in [-0.39, 0.29) is 31.1 Å². The number of carbonyl (C=O) groups excluding carboxylic acids is 2. The first-order valence-electron chi connectivity index (χ1n) is 6.49. The van der Waals surface area contributed by atoms with Crippen LogP contribution in [-0.2, 0) is 4.74 Å². The van der Waals surface area contributed by atoms with Gasteiger partial charge in [-0.05, 0) is 18.2 Å². The molecule has 0 aliphatic rings. The summed E-state index contributed by atoms with van der Waals surface area (Å²) in [6.07, 6.45) is 0. The largest absolute Gasteiger partial charge is 0.465 e. The van der Waals surface area contributed by atoms with E-state index in [2.05, 4.69) is 33.7 Å². The van der Waals surface area contributed by atoms with Gasteiger partial charge in [0.15, 0.2) is 0 Å². The normalized spacial score (nSPS) is 8.86. The van der Waals surface area contributed by atoms with E-state index in [1.807, 2.05) is 0 Å². The molecule has 0 fully saturated rings. The van der Waals surface area contributed by atoms with Crippen LogP contribution in [0.15, 0.2) is 18.2 Å². The molecule has 1 amide bonds. The van der Waals surface area contributed by atoms with Crippen LogP contribution in [0.2, 0.25) is 0 Å². The fraction of sp³-hybridized carbons (Fsp3) is 0.250. The second-order valence-corrected chi connectivity index (χ2v) is 4.00. The van der Waals surface area contributed by atoms with Crippen molar-refractivity contribution < 1.29 is 14.3 Å². The molecule has 0 atom stereocenters. The van der Waals surface area contributed by atoms with E-state index in [0.29, 0.717) is 11.1 Å². The molecule has 0 saturated heterocycles. The molecule has 1 aromatic rings. The Morgan fingerprint density at radius 1 is 1.18 bits per heavy atom. The summed E-state index contributed by atoms with van der Waals surface area (Å²) in [5.41, 5.74) is 11.6. The number of esters is 1. The zero-order valence-corrected chi connectivity index (χ0v) is 12.2. The third kappa shape index (κ3) is 4.95. The van der Waals surface area contributed by atoms with Crippen molar-refractivity contribution in [3.8, 4) is 23.7 Å². The minimum absolute atomic E-state index is 0.145. The number of benzene rings is 1. The predicted molar refractivity (Wildman–Crippen MR) is 82.9 cm³/mol. The maximum Gasteiger partial charge on any atom is 0.339 e. The van der Waals surface area contributed by atoms with E-state index in [1.54, 1.807) is 0 Å². The van der Waals surface area contributed by atoms with Crippen molar-refractivity contribution in [2.45, 2.75) is 0 Å². The Kier molecular flexibility index (Phi) is 7.21. The molecule has 1 aromatic carbocycles. The van der Waals surface area contributed by atoms with E-state index in [0.717, 1.165) is 0 Å². The summed E-state index contributed by atoms with van der Waals surface area (Å²) in [4.78, 5) is 23.7. The van der Waals surface area contributed by atoms with Gasteiger partial charge in [0.2, 0.25) is 0 Å². The van der Waals surface area contributed by atoms with Gasteiger partial charge in [-0.15, -0.1) is 0 Å². The summed E-state index contributed by atoms with van der Waals surface area (Å²) < 4.78 is 4.68. The number of methoxy groups -OCH3 is 1. The molecule has 0 bridgehead atoms. The van der Waals surface area contributed by atoms with Gasteiger partial charge in [-0.2, -0.15) is 0 Å². The summed E-state index contributed by atoms with van der Waals surface area (Å²) >= 11 is 0. The smallest absolute Gasteiger partial charge is 0.339 e. The third-order valence-corrected chi connectivity index (χ3v) is 2.58. The van der Waals surface area contributed by atoms with Crippen LogP contribution in [0.25, 0.3) is 0 Å². The lowest BCUT2D eigenvalue weighted by atomic mass is 10.0. The van der Waals surface area contributed by atoms with Gasteiger partial charge in [0, 0.05) is 11.1 Å². The number of carbonyl (C=O) groups is 2. The maximum atomic E-state index is 12.0. The van der Waals surface area contributed by atoms with Crippen molar-refractivity contribution in [2.75, 3.05) is 26.7 Å².